The molecular formula is C22H21F3N2O3. The SMILES string of the molecule is Cc1c(NC(=O)/C=C/c2ccccc2OC(F)(F)F)cccc1C(=O)N1CCCC1. The van der Waals surface area contributed by atoms with Crippen LogP contribution in [0.15, 0.2) is 48.5 Å². The van der Waals surface area contributed by atoms with Gasteiger partial charge in [-0.15, -0.1) is 13.2 Å². The topological polar surface area (TPSA) is 58.6 Å². The van der Waals surface area contributed by atoms with Crippen LogP contribution in [-0.4, -0.2) is 36.2 Å². The Morgan fingerprint density at radius 2 is 1.77 bits per heavy atom. The molecule has 2 aromatic carbocycles. The molecule has 0 atom stereocenters. The molecule has 5 nitrogen and oxygen atoms in total. The summed E-state index contributed by atoms with van der Waals surface area (Å²) in [5, 5.41) is 2.67. The molecule has 0 unspecified atom stereocenters. The standard InChI is InChI=1S/C22H21F3N2O3/c1-15-17(21(29)27-13-4-5-14-27)8-6-9-18(15)26-20(28)12-11-16-7-2-3-10-19(16)30-22(23,24)25/h2-3,6-12H,4-5,13-14H2,1H3,(H,26,28)/b12-11+. The number of halogens is 3. The first-order valence-corrected chi connectivity index (χ1v) is 9.47. The van der Waals surface area contributed by atoms with E-state index in [1.807, 2.05) is 0 Å². The number of amides is 2. The van der Waals surface area contributed by atoms with E-state index >= 15 is 0 Å². The number of likely N-dealkylation sites (tertiary alicyclic amines) is 1. The predicted molar refractivity (Wildman–Crippen MR) is 107 cm³/mol. The number of nitrogens with one attached hydrogen (secondary N) is 1. The molecule has 30 heavy (non-hydrogen) atoms. The van der Waals surface area contributed by atoms with Crippen molar-refractivity contribution in [2.75, 3.05) is 18.4 Å². The summed E-state index contributed by atoms with van der Waals surface area (Å²) < 4.78 is 41.5. The Balaban J connectivity index is 1.73. The number of anilines is 1. The van der Waals surface area contributed by atoms with Crippen molar-refractivity contribution in [3.05, 3.63) is 65.2 Å². The average molecular weight is 418 g/mol. The van der Waals surface area contributed by atoms with Gasteiger partial charge in [-0.05, 0) is 49.6 Å². The van der Waals surface area contributed by atoms with Gasteiger partial charge < -0.3 is 15.0 Å². The third-order valence-electron chi connectivity index (χ3n) is 4.77. The summed E-state index contributed by atoms with van der Waals surface area (Å²) in [6, 6.07) is 10.6. The molecule has 1 fully saturated rings. The number of carbonyl (C=O) groups is 2. The molecule has 0 aliphatic carbocycles. The highest BCUT2D eigenvalue weighted by atomic mass is 19.4. The molecule has 1 heterocycles. The summed E-state index contributed by atoms with van der Waals surface area (Å²) in [6.45, 7) is 3.18. The lowest BCUT2D eigenvalue weighted by Crippen LogP contribution is -2.28. The molecule has 1 N–H and O–H groups in total. The fraction of sp³-hybridized carbons (Fsp3) is 0.273. The van der Waals surface area contributed by atoms with Crippen LogP contribution in [0.3, 0.4) is 0 Å². The van der Waals surface area contributed by atoms with Crippen LogP contribution in [0.25, 0.3) is 6.08 Å². The Hall–Kier alpha value is -3.29. The summed E-state index contributed by atoms with van der Waals surface area (Å²) in [7, 11) is 0. The van der Waals surface area contributed by atoms with Crippen LogP contribution in [0.2, 0.25) is 0 Å². The maximum Gasteiger partial charge on any atom is 0.573 e. The van der Waals surface area contributed by atoms with E-state index in [0.29, 0.717) is 16.8 Å². The number of nitrogens with zero attached hydrogens (tertiary/aromatic N) is 1. The van der Waals surface area contributed by atoms with Crippen molar-refractivity contribution >= 4 is 23.6 Å². The lowest BCUT2D eigenvalue weighted by molar-refractivity contribution is -0.274. The van der Waals surface area contributed by atoms with E-state index in [0.717, 1.165) is 32.0 Å². The van der Waals surface area contributed by atoms with E-state index in [9.17, 15) is 22.8 Å². The molecule has 1 aliphatic heterocycles. The van der Waals surface area contributed by atoms with E-state index in [1.54, 1.807) is 36.1 Å². The van der Waals surface area contributed by atoms with Gasteiger partial charge in [0.25, 0.3) is 5.91 Å². The highest BCUT2D eigenvalue weighted by Crippen LogP contribution is 2.27. The number of rotatable bonds is 5. The van der Waals surface area contributed by atoms with Gasteiger partial charge in [-0.3, -0.25) is 9.59 Å². The Morgan fingerprint density at radius 1 is 1.07 bits per heavy atom. The minimum atomic E-state index is -4.83. The van der Waals surface area contributed by atoms with Gasteiger partial charge >= 0.3 is 6.36 Å². The second-order valence-electron chi connectivity index (χ2n) is 6.89. The van der Waals surface area contributed by atoms with E-state index in [4.69, 9.17) is 0 Å². The number of ether oxygens (including phenoxy) is 1. The van der Waals surface area contributed by atoms with Gasteiger partial charge in [-0.25, -0.2) is 0 Å². The normalized spacial score (nSPS) is 14.2. The number of hydrogen-bond acceptors (Lipinski definition) is 3. The maximum atomic E-state index is 12.7. The average Bonchev–Trinajstić information content (AvgIpc) is 3.22. The fourth-order valence-corrected chi connectivity index (χ4v) is 3.27. The van der Waals surface area contributed by atoms with Crippen LogP contribution in [0.4, 0.5) is 18.9 Å². The summed E-state index contributed by atoms with van der Waals surface area (Å²) in [5.74, 6) is -1.01. The zero-order valence-corrected chi connectivity index (χ0v) is 16.3. The molecule has 1 saturated heterocycles. The van der Waals surface area contributed by atoms with Crippen molar-refractivity contribution in [3.63, 3.8) is 0 Å². The quantitative estimate of drug-likeness (QED) is 0.711. The van der Waals surface area contributed by atoms with Gasteiger partial charge in [0.1, 0.15) is 5.75 Å². The van der Waals surface area contributed by atoms with Crippen LogP contribution in [0.5, 0.6) is 5.75 Å². The molecule has 0 aromatic heterocycles. The molecule has 1 aliphatic rings. The molecule has 158 valence electrons. The van der Waals surface area contributed by atoms with Crippen molar-refractivity contribution in [2.24, 2.45) is 0 Å². The van der Waals surface area contributed by atoms with E-state index in [2.05, 4.69) is 10.1 Å². The largest absolute Gasteiger partial charge is 0.573 e. The van der Waals surface area contributed by atoms with Gasteiger partial charge in [0.15, 0.2) is 0 Å². The molecule has 3 rings (SSSR count). The molecule has 2 aromatic rings. The van der Waals surface area contributed by atoms with Gasteiger partial charge in [0, 0.05) is 36.0 Å². The minimum Gasteiger partial charge on any atom is -0.405 e. The number of alkyl halides is 3. The van der Waals surface area contributed by atoms with Gasteiger partial charge in [-0.2, -0.15) is 0 Å². The second-order valence-corrected chi connectivity index (χ2v) is 6.89. The van der Waals surface area contributed by atoms with Gasteiger partial charge in [0.05, 0.1) is 0 Å². The van der Waals surface area contributed by atoms with E-state index < -0.39 is 18.0 Å². The van der Waals surface area contributed by atoms with Crippen LogP contribution >= 0.6 is 0 Å². The van der Waals surface area contributed by atoms with Crippen molar-refractivity contribution in [2.45, 2.75) is 26.1 Å². The molecule has 8 heteroatoms. The third kappa shape index (κ3) is 5.40. The summed E-state index contributed by atoms with van der Waals surface area (Å²) in [4.78, 5) is 26.8. The van der Waals surface area contributed by atoms with Crippen LogP contribution in [0, 0.1) is 6.92 Å². The third-order valence-corrected chi connectivity index (χ3v) is 4.77. The van der Waals surface area contributed by atoms with Crippen molar-refractivity contribution in [3.8, 4) is 5.75 Å². The first kappa shape index (κ1) is 21.4. The molecule has 0 bridgehead atoms. The number of hydrogen-bond donors (Lipinski definition) is 1. The summed E-state index contributed by atoms with van der Waals surface area (Å²) in [6.07, 6.45) is -0.513. The molecule has 2 amide bonds. The minimum absolute atomic E-state index is 0.0742. The zero-order valence-electron chi connectivity index (χ0n) is 16.3. The van der Waals surface area contributed by atoms with E-state index in [1.165, 1.54) is 24.3 Å². The van der Waals surface area contributed by atoms with Crippen LogP contribution in [0.1, 0.15) is 34.3 Å². The predicted octanol–water partition coefficient (Wildman–Crippen LogP) is 4.78. The van der Waals surface area contributed by atoms with E-state index in [-0.39, 0.29) is 11.5 Å². The molecule has 0 saturated carbocycles. The van der Waals surface area contributed by atoms with Crippen molar-refractivity contribution in [1.29, 1.82) is 0 Å². The van der Waals surface area contributed by atoms with Gasteiger partial charge in [-0.1, -0.05) is 24.3 Å². The maximum absolute atomic E-state index is 12.7. The number of carbonyl (C=O) groups excluding carboxylic acids is 2. The smallest absolute Gasteiger partial charge is 0.405 e. The molecule has 0 spiro atoms. The monoisotopic (exact) mass is 418 g/mol. The van der Waals surface area contributed by atoms with Crippen LogP contribution < -0.4 is 10.1 Å². The Labute approximate surface area is 172 Å². The number of benzene rings is 2. The summed E-state index contributed by atoms with van der Waals surface area (Å²) >= 11 is 0. The Bertz CT molecular complexity index is 964. The lowest BCUT2D eigenvalue weighted by atomic mass is 10.1. The van der Waals surface area contributed by atoms with Crippen LogP contribution in [-0.2, 0) is 4.79 Å². The molecule has 0 radical (unpaired) electrons. The van der Waals surface area contributed by atoms with Gasteiger partial charge in [0.2, 0.25) is 5.91 Å². The highest BCUT2D eigenvalue weighted by Gasteiger charge is 2.31. The lowest BCUT2D eigenvalue weighted by Gasteiger charge is -2.18. The second kappa shape index (κ2) is 9.02. The molecular weight excluding hydrogens is 397 g/mol. The Kier molecular flexibility index (Phi) is 6.44. The first-order valence-electron chi connectivity index (χ1n) is 9.47. The van der Waals surface area contributed by atoms with Crippen molar-refractivity contribution < 1.29 is 27.5 Å². The summed E-state index contributed by atoms with van der Waals surface area (Å²) in [5.41, 5.74) is 1.73. The van der Waals surface area contributed by atoms with Crippen molar-refractivity contribution in [1.82, 2.24) is 4.90 Å². The highest BCUT2D eigenvalue weighted by molar-refractivity contribution is 6.04. The zero-order chi connectivity index (χ0) is 21.7. The number of para-hydroxylation sites is 1. The fourth-order valence-electron chi connectivity index (χ4n) is 3.27. The Morgan fingerprint density at radius 3 is 2.47 bits per heavy atom. The first-order chi connectivity index (χ1) is 14.2.